The van der Waals surface area contributed by atoms with Crippen molar-refractivity contribution in [1.29, 1.82) is 0 Å². The molecule has 1 aromatic carbocycles. The molecule has 7 nitrogen and oxygen atoms in total. The number of benzene rings is 1. The van der Waals surface area contributed by atoms with Crippen LogP contribution in [0.5, 0.6) is 0 Å². The molecule has 94 valence electrons. The van der Waals surface area contributed by atoms with Gasteiger partial charge in [0.15, 0.2) is 5.82 Å². The lowest BCUT2D eigenvalue weighted by atomic mass is 10.3. The van der Waals surface area contributed by atoms with E-state index in [1.165, 1.54) is 6.92 Å². The van der Waals surface area contributed by atoms with Gasteiger partial charge in [-0.3, -0.25) is 10.1 Å². The van der Waals surface area contributed by atoms with Gasteiger partial charge in [0.05, 0.1) is 16.7 Å². The quantitative estimate of drug-likeness (QED) is 0.469. The van der Waals surface area contributed by atoms with E-state index in [4.69, 9.17) is 5.73 Å². The number of nitrogen functional groups attached to an aromatic ring is 1. The summed E-state index contributed by atoms with van der Waals surface area (Å²) < 4.78 is 38.6. The summed E-state index contributed by atoms with van der Waals surface area (Å²) >= 11 is 0. The normalized spacial score (nSPS) is 11.4. The summed E-state index contributed by atoms with van der Waals surface area (Å²) in [4.78, 5) is 8.78. The van der Waals surface area contributed by atoms with Crippen molar-refractivity contribution in [1.82, 2.24) is 4.72 Å². The van der Waals surface area contributed by atoms with Gasteiger partial charge in [-0.15, -0.1) is 0 Å². The Hall–Kier alpha value is -1.74. The maximum atomic E-state index is 13.5. The van der Waals surface area contributed by atoms with Gasteiger partial charge in [-0.1, -0.05) is 6.92 Å². The minimum absolute atomic E-state index is 0.0538. The number of rotatable bonds is 4. The number of hydrogen-bond acceptors (Lipinski definition) is 5. The Labute approximate surface area is 96.6 Å². The van der Waals surface area contributed by atoms with Crippen LogP contribution in [0.15, 0.2) is 17.0 Å². The molecule has 0 saturated carbocycles. The fourth-order valence-corrected chi connectivity index (χ4v) is 2.46. The number of halogens is 1. The smallest absolute Gasteiger partial charge is 0.274 e. The van der Waals surface area contributed by atoms with Gasteiger partial charge >= 0.3 is 0 Å². The van der Waals surface area contributed by atoms with E-state index in [2.05, 4.69) is 4.72 Å². The van der Waals surface area contributed by atoms with Gasteiger partial charge < -0.3 is 5.73 Å². The van der Waals surface area contributed by atoms with Gasteiger partial charge in [0.2, 0.25) is 10.0 Å². The van der Waals surface area contributed by atoms with E-state index in [1.54, 1.807) is 0 Å². The molecule has 0 aromatic heterocycles. The molecular formula is C8H10FN3O4S. The highest BCUT2D eigenvalue weighted by Crippen LogP contribution is 2.27. The van der Waals surface area contributed by atoms with Gasteiger partial charge in [0.25, 0.3) is 5.69 Å². The van der Waals surface area contributed by atoms with Crippen LogP contribution in [0.25, 0.3) is 0 Å². The molecule has 0 aliphatic rings. The number of nitrogens with two attached hydrogens (primary N) is 1. The van der Waals surface area contributed by atoms with Crippen LogP contribution in [-0.2, 0) is 10.0 Å². The van der Waals surface area contributed by atoms with E-state index in [-0.39, 0.29) is 6.54 Å². The van der Waals surface area contributed by atoms with Crippen LogP contribution in [0.3, 0.4) is 0 Å². The summed E-state index contributed by atoms with van der Waals surface area (Å²) in [6.07, 6.45) is 0. The first-order chi connectivity index (χ1) is 7.79. The van der Waals surface area contributed by atoms with E-state index in [1.807, 2.05) is 0 Å². The molecule has 0 amide bonds. The Morgan fingerprint density at radius 3 is 2.53 bits per heavy atom. The average Bonchev–Trinajstić information content (AvgIpc) is 2.15. The van der Waals surface area contributed by atoms with Gasteiger partial charge in [-0.2, -0.15) is 0 Å². The average molecular weight is 263 g/mol. The van der Waals surface area contributed by atoms with Crippen LogP contribution in [-0.4, -0.2) is 19.9 Å². The summed E-state index contributed by atoms with van der Waals surface area (Å²) in [5.41, 5.74) is 4.21. The molecular weight excluding hydrogens is 253 g/mol. The highest BCUT2D eigenvalue weighted by molar-refractivity contribution is 7.89. The number of non-ortho nitro benzene ring substituents is 1. The minimum atomic E-state index is -4.09. The summed E-state index contributed by atoms with van der Waals surface area (Å²) in [5, 5.41) is 10.4. The van der Waals surface area contributed by atoms with Crippen LogP contribution in [0.1, 0.15) is 6.92 Å². The molecule has 0 aliphatic heterocycles. The first-order valence-electron chi connectivity index (χ1n) is 4.52. The number of anilines is 1. The number of hydrogen-bond donors (Lipinski definition) is 2. The van der Waals surface area contributed by atoms with Crippen LogP contribution < -0.4 is 10.5 Å². The Balaban J connectivity index is 3.43. The number of sulfonamides is 1. The van der Waals surface area contributed by atoms with Gasteiger partial charge in [0, 0.05) is 12.6 Å². The number of nitrogens with zero attached hydrogens (tertiary/aromatic N) is 1. The van der Waals surface area contributed by atoms with E-state index in [9.17, 15) is 22.9 Å². The Kier molecular flexibility index (Phi) is 3.63. The third-order valence-electron chi connectivity index (χ3n) is 1.87. The summed E-state index contributed by atoms with van der Waals surface area (Å²) in [6, 6.07) is 1.31. The molecule has 1 rings (SSSR count). The third kappa shape index (κ3) is 2.68. The van der Waals surface area contributed by atoms with Crippen molar-refractivity contribution in [2.24, 2.45) is 0 Å². The minimum Gasteiger partial charge on any atom is -0.397 e. The van der Waals surface area contributed by atoms with Crippen LogP contribution in [0.4, 0.5) is 15.8 Å². The standard InChI is InChI=1S/C8H10FN3O4S/c1-2-11-17(15,16)8-6(9)3-5(12(13)14)4-7(8)10/h3-4,11H,2,10H2,1H3. The molecule has 0 spiro atoms. The molecule has 0 saturated heterocycles. The van der Waals surface area contributed by atoms with Crippen LogP contribution >= 0.6 is 0 Å². The summed E-state index contributed by atoms with van der Waals surface area (Å²) in [7, 11) is -4.09. The van der Waals surface area contributed by atoms with Crippen LogP contribution in [0.2, 0.25) is 0 Å². The zero-order chi connectivity index (χ0) is 13.2. The molecule has 1 aromatic rings. The third-order valence-corrected chi connectivity index (χ3v) is 3.51. The molecule has 0 atom stereocenters. The monoisotopic (exact) mass is 263 g/mol. The topological polar surface area (TPSA) is 115 Å². The second-order valence-electron chi connectivity index (χ2n) is 3.10. The second kappa shape index (κ2) is 4.63. The maximum Gasteiger partial charge on any atom is 0.274 e. The van der Waals surface area contributed by atoms with E-state index < -0.39 is 37.0 Å². The van der Waals surface area contributed by atoms with Crippen molar-refractivity contribution in [3.63, 3.8) is 0 Å². The van der Waals surface area contributed by atoms with E-state index in [0.717, 1.165) is 6.07 Å². The molecule has 0 radical (unpaired) electrons. The lowest BCUT2D eigenvalue weighted by Crippen LogP contribution is -2.25. The largest absolute Gasteiger partial charge is 0.397 e. The van der Waals surface area contributed by atoms with Crippen molar-refractivity contribution in [2.45, 2.75) is 11.8 Å². The second-order valence-corrected chi connectivity index (χ2v) is 4.81. The van der Waals surface area contributed by atoms with Crippen molar-refractivity contribution in [2.75, 3.05) is 12.3 Å². The number of nitro benzene ring substituents is 1. The highest BCUT2D eigenvalue weighted by Gasteiger charge is 2.24. The maximum absolute atomic E-state index is 13.5. The fourth-order valence-electron chi connectivity index (χ4n) is 1.25. The fraction of sp³-hybridized carbons (Fsp3) is 0.250. The summed E-state index contributed by atoms with van der Waals surface area (Å²) in [5.74, 6) is -1.25. The predicted molar refractivity (Wildman–Crippen MR) is 58.3 cm³/mol. The first-order valence-corrected chi connectivity index (χ1v) is 6.01. The molecule has 0 heterocycles. The first kappa shape index (κ1) is 13.3. The molecule has 0 aliphatic carbocycles. The molecule has 0 fully saturated rings. The molecule has 0 bridgehead atoms. The Morgan fingerprint density at radius 2 is 2.12 bits per heavy atom. The Bertz CT molecular complexity index is 535. The van der Waals surface area contributed by atoms with Crippen LogP contribution in [0, 0.1) is 15.9 Å². The van der Waals surface area contributed by atoms with Gasteiger partial charge in [-0.25, -0.2) is 17.5 Å². The SMILES string of the molecule is CCNS(=O)(=O)c1c(N)cc([N+](=O)[O-])cc1F. The molecule has 3 N–H and O–H groups in total. The molecule has 0 unspecified atom stereocenters. The number of nitro groups is 1. The van der Waals surface area contributed by atoms with E-state index >= 15 is 0 Å². The van der Waals surface area contributed by atoms with Crippen molar-refractivity contribution < 1.29 is 17.7 Å². The van der Waals surface area contributed by atoms with Crippen molar-refractivity contribution in [3.8, 4) is 0 Å². The highest BCUT2D eigenvalue weighted by atomic mass is 32.2. The zero-order valence-corrected chi connectivity index (χ0v) is 9.62. The molecule has 9 heteroatoms. The van der Waals surface area contributed by atoms with E-state index in [0.29, 0.717) is 6.07 Å². The zero-order valence-electron chi connectivity index (χ0n) is 8.81. The lowest BCUT2D eigenvalue weighted by molar-refractivity contribution is -0.385. The van der Waals surface area contributed by atoms with Gasteiger partial charge in [-0.05, 0) is 0 Å². The van der Waals surface area contributed by atoms with Crippen molar-refractivity contribution in [3.05, 3.63) is 28.1 Å². The lowest BCUT2D eigenvalue weighted by Gasteiger charge is -2.08. The Morgan fingerprint density at radius 1 is 1.53 bits per heavy atom. The molecule has 17 heavy (non-hydrogen) atoms. The predicted octanol–water partition coefficient (Wildman–Crippen LogP) is 0.614. The number of nitrogens with one attached hydrogen (secondary N) is 1. The van der Waals surface area contributed by atoms with Crippen molar-refractivity contribution >= 4 is 21.4 Å². The van der Waals surface area contributed by atoms with Gasteiger partial charge in [0.1, 0.15) is 4.90 Å². The summed E-state index contributed by atoms with van der Waals surface area (Å²) in [6.45, 7) is 1.56.